The van der Waals surface area contributed by atoms with Crippen LogP contribution in [0.1, 0.15) is 22.7 Å². The highest BCUT2D eigenvalue weighted by atomic mass is 19.2. The molecule has 0 fully saturated rings. The van der Waals surface area contributed by atoms with E-state index in [-0.39, 0.29) is 0 Å². The zero-order chi connectivity index (χ0) is 20.1. The lowest BCUT2D eigenvalue weighted by molar-refractivity contribution is 0.393. The van der Waals surface area contributed by atoms with Gasteiger partial charge in [-0.1, -0.05) is 5.16 Å². The molecule has 1 aliphatic rings. The van der Waals surface area contributed by atoms with Gasteiger partial charge in [0.05, 0.1) is 11.2 Å². The molecule has 0 atom stereocenters. The largest absolute Gasteiger partial charge is 0.361 e. The Morgan fingerprint density at radius 2 is 1.86 bits per heavy atom. The van der Waals surface area contributed by atoms with Gasteiger partial charge in [0.25, 0.3) is 0 Å². The van der Waals surface area contributed by atoms with Gasteiger partial charge in [-0.2, -0.15) is 0 Å². The summed E-state index contributed by atoms with van der Waals surface area (Å²) in [6.07, 6.45) is 3.95. The van der Waals surface area contributed by atoms with Crippen LogP contribution in [0.15, 0.2) is 35.2 Å². The number of fused-ring (bicyclic) bond motifs is 2. The van der Waals surface area contributed by atoms with Crippen molar-refractivity contribution in [1.29, 1.82) is 0 Å². The molecular formula is C21H17F2N5O. The smallest absolute Gasteiger partial charge is 0.161 e. The molecule has 0 saturated heterocycles. The third kappa shape index (κ3) is 2.91. The maximum Gasteiger partial charge on any atom is 0.161 e. The van der Waals surface area contributed by atoms with E-state index in [2.05, 4.69) is 26.2 Å². The number of hydrogen-bond donors (Lipinski definition) is 0. The predicted molar refractivity (Wildman–Crippen MR) is 103 cm³/mol. The molecule has 0 radical (unpaired) electrons. The van der Waals surface area contributed by atoms with Gasteiger partial charge < -0.3 is 9.42 Å². The predicted octanol–water partition coefficient (Wildman–Crippen LogP) is 4.14. The maximum atomic E-state index is 13.8. The Morgan fingerprint density at radius 1 is 1.03 bits per heavy atom. The van der Waals surface area contributed by atoms with Gasteiger partial charge in [-0.25, -0.2) is 18.7 Å². The summed E-state index contributed by atoms with van der Waals surface area (Å²) in [6.45, 7) is 5.01. The molecule has 5 rings (SSSR count). The normalized spacial score (nSPS) is 13.7. The lowest BCUT2D eigenvalue weighted by atomic mass is 9.99. The van der Waals surface area contributed by atoms with Gasteiger partial charge in [0.2, 0.25) is 0 Å². The molecule has 0 unspecified atom stereocenters. The molecule has 0 aliphatic carbocycles. The Kier molecular flexibility index (Phi) is 4.01. The molecule has 1 aromatic carbocycles. The molecule has 0 N–H and O–H groups in total. The fourth-order valence-electron chi connectivity index (χ4n) is 3.93. The average Bonchev–Trinajstić information content (AvgIpc) is 3.06. The van der Waals surface area contributed by atoms with Gasteiger partial charge in [-0.05, 0) is 31.5 Å². The second-order valence-electron chi connectivity index (χ2n) is 7.18. The van der Waals surface area contributed by atoms with Crippen molar-refractivity contribution < 1.29 is 13.3 Å². The first-order valence-electron chi connectivity index (χ1n) is 9.27. The highest BCUT2D eigenvalue weighted by Crippen LogP contribution is 2.32. The van der Waals surface area contributed by atoms with Crippen LogP contribution in [-0.4, -0.2) is 26.7 Å². The van der Waals surface area contributed by atoms with Crippen molar-refractivity contribution in [3.05, 3.63) is 65.1 Å². The first kappa shape index (κ1) is 17.7. The van der Waals surface area contributed by atoms with Crippen LogP contribution in [0.2, 0.25) is 0 Å². The quantitative estimate of drug-likeness (QED) is 0.510. The molecule has 6 nitrogen and oxygen atoms in total. The summed E-state index contributed by atoms with van der Waals surface area (Å²) in [5.74, 6) is -0.494. The Hall–Kier alpha value is -3.42. The summed E-state index contributed by atoms with van der Waals surface area (Å²) in [7, 11) is 0. The van der Waals surface area contributed by atoms with Crippen LogP contribution in [-0.2, 0) is 13.0 Å². The molecule has 0 saturated carbocycles. The summed E-state index contributed by atoms with van der Waals surface area (Å²) in [6, 6.07) is 4.35. The SMILES string of the molecule is Cc1noc(C)c1-c1cnc2c(c1)CN(c1ncnc3cc(F)c(F)cc13)CC2. The average molecular weight is 393 g/mol. The highest BCUT2D eigenvalue weighted by molar-refractivity contribution is 5.89. The minimum atomic E-state index is -0.917. The van der Waals surface area contributed by atoms with E-state index < -0.39 is 11.6 Å². The van der Waals surface area contributed by atoms with Crippen molar-refractivity contribution in [3.8, 4) is 11.1 Å². The first-order valence-corrected chi connectivity index (χ1v) is 9.27. The molecule has 4 aromatic rings. The number of pyridine rings is 1. The summed E-state index contributed by atoms with van der Waals surface area (Å²) in [5.41, 5.74) is 5.17. The lowest BCUT2D eigenvalue weighted by Gasteiger charge is -2.30. The number of nitrogens with zero attached hydrogens (tertiary/aromatic N) is 5. The standard InChI is InChI=1S/C21H17F2N5O/c1-11-20(12(2)29-27-11)13-5-14-9-28(4-3-18(14)24-8-13)21-15-6-16(22)17(23)7-19(15)25-10-26-21/h5-8,10H,3-4,9H2,1-2H3. The Morgan fingerprint density at radius 3 is 2.66 bits per heavy atom. The third-order valence-electron chi connectivity index (χ3n) is 5.32. The van der Waals surface area contributed by atoms with Crippen LogP contribution in [0.25, 0.3) is 22.0 Å². The van der Waals surface area contributed by atoms with E-state index in [0.717, 1.165) is 52.4 Å². The van der Waals surface area contributed by atoms with Crippen molar-refractivity contribution in [2.24, 2.45) is 0 Å². The minimum Gasteiger partial charge on any atom is -0.361 e. The monoisotopic (exact) mass is 393 g/mol. The van der Waals surface area contributed by atoms with Crippen LogP contribution in [0.3, 0.4) is 0 Å². The van der Waals surface area contributed by atoms with Gasteiger partial charge in [0.1, 0.15) is 17.9 Å². The van der Waals surface area contributed by atoms with E-state index in [9.17, 15) is 8.78 Å². The first-order chi connectivity index (χ1) is 14.0. The lowest BCUT2D eigenvalue weighted by Crippen LogP contribution is -2.31. The molecule has 4 heterocycles. The van der Waals surface area contributed by atoms with E-state index in [1.165, 1.54) is 6.33 Å². The number of aryl methyl sites for hydroxylation is 2. The number of halogens is 2. The number of hydrogen-bond acceptors (Lipinski definition) is 6. The van der Waals surface area contributed by atoms with E-state index in [1.807, 2.05) is 24.9 Å². The summed E-state index contributed by atoms with van der Waals surface area (Å²) in [4.78, 5) is 15.1. The van der Waals surface area contributed by atoms with E-state index in [4.69, 9.17) is 4.52 Å². The number of anilines is 1. The summed E-state index contributed by atoms with van der Waals surface area (Å²) in [5, 5.41) is 4.51. The van der Waals surface area contributed by atoms with Crippen LogP contribution < -0.4 is 4.90 Å². The van der Waals surface area contributed by atoms with Crippen molar-refractivity contribution in [1.82, 2.24) is 20.1 Å². The molecule has 8 heteroatoms. The van der Waals surface area contributed by atoms with Gasteiger partial charge in [-0.3, -0.25) is 4.98 Å². The van der Waals surface area contributed by atoms with E-state index in [0.29, 0.717) is 29.8 Å². The molecule has 0 amide bonds. The minimum absolute atomic E-state index is 0.377. The van der Waals surface area contributed by atoms with E-state index >= 15 is 0 Å². The van der Waals surface area contributed by atoms with Crippen molar-refractivity contribution in [3.63, 3.8) is 0 Å². The van der Waals surface area contributed by atoms with Crippen molar-refractivity contribution in [2.45, 2.75) is 26.8 Å². The van der Waals surface area contributed by atoms with Crippen LogP contribution in [0.5, 0.6) is 0 Å². The second-order valence-corrected chi connectivity index (χ2v) is 7.18. The summed E-state index contributed by atoms with van der Waals surface area (Å²) >= 11 is 0. The molecule has 0 bridgehead atoms. The zero-order valence-corrected chi connectivity index (χ0v) is 15.9. The molecule has 3 aromatic heterocycles. The van der Waals surface area contributed by atoms with Crippen LogP contribution >= 0.6 is 0 Å². The van der Waals surface area contributed by atoms with Gasteiger partial charge in [0, 0.05) is 54.0 Å². The van der Waals surface area contributed by atoms with Gasteiger partial charge in [0.15, 0.2) is 11.6 Å². The van der Waals surface area contributed by atoms with Gasteiger partial charge >= 0.3 is 0 Å². The Labute approximate surface area is 165 Å². The maximum absolute atomic E-state index is 13.8. The Balaban J connectivity index is 1.55. The summed E-state index contributed by atoms with van der Waals surface area (Å²) < 4.78 is 32.7. The molecule has 1 aliphatic heterocycles. The van der Waals surface area contributed by atoms with Crippen LogP contribution in [0.4, 0.5) is 14.6 Å². The fraction of sp³-hybridized carbons (Fsp3) is 0.238. The molecular weight excluding hydrogens is 376 g/mol. The van der Waals surface area contributed by atoms with Gasteiger partial charge in [-0.15, -0.1) is 0 Å². The second kappa shape index (κ2) is 6.58. The van der Waals surface area contributed by atoms with Crippen molar-refractivity contribution in [2.75, 3.05) is 11.4 Å². The van der Waals surface area contributed by atoms with E-state index in [1.54, 1.807) is 0 Å². The highest BCUT2D eigenvalue weighted by Gasteiger charge is 2.23. The third-order valence-corrected chi connectivity index (χ3v) is 5.32. The number of rotatable bonds is 2. The molecule has 29 heavy (non-hydrogen) atoms. The number of benzene rings is 1. The molecule has 146 valence electrons. The fourth-order valence-corrected chi connectivity index (χ4v) is 3.93. The van der Waals surface area contributed by atoms with Crippen molar-refractivity contribution >= 4 is 16.7 Å². The Bertz CT molecular complexity index is 1230. The zero-order valence-electron chi connectivity index (χ0n) is 15.9. The number of aromatic nitrogens is 4. The van der Waals surface area contributed by atoms with Crippen LogP contribution in [0, 0.1) is 25.5 Å². The topological polar surface area (TPSA) is 67.9 Å². The molecule has 0 spiro atoms.